The van der Waals surface area contributed by atoms with Crippen LogP contribution in [0.25, 0.3) is 22.2 Å². The van der Waals surface area contributed by atoms with Crippen LogP contribution in [0.4, 0.5) is 11.6 Å². The predicted molar refractivity (Wildman–Crippen MR) is 166 cm³/mol. The van der Waals surface area contributed by atoms with Crippen LogP contribution in [0.15, 0.2) is 83.9 Å². The minimum absolute atomic E-state index is 0.0899. The Balaban J connectivity index is 1.25. The van der Waals surface area contributed by atoms with Gasteiger partial charge >= 0.3 is 0 Å². The molecular formula is C34H34N6O2. The van der Waals surface area contributed by atoms with Gasteiger partial charge in [0.05, 0.1) is 12.2 Å². The number of hydrogen-bond acceptors (Lipinski definition) is 7. The second-order valence-electron chi connectivity index (χ2n) is 11.5. The Kier molecular flexibility index (Phi) is 6.91. The molecule has 2 aliphatic rings. The van der Waals surface area contributed by atoms with Crippen LogP contribution in [-0.4, -0.2) is 50.7 Å². The molecule has 212 valence electrons. The molecule has 1 unspecified atom stereocenters. The number of anilines is 2. The van der Waals surface area contributed by atoms with Crippen molar-refractivity contribution in [1.29, 1.82) is 0 Å². The van der Waals surface area contributed by atoms with Gasteiger partial charge in [-0.3, -0.25) is 14.3 Å². The fourth-order valence-electron chi connectivity index (χ4n) is 5.86. The van der Waals surface area contributed by atoms with Gasteiger partial charge in [0.2, 0.25) is 5.95 Å². The fraction of sp³-hybridized carbons (Fsp3) is 0.294. The molecule has 1 N–H and O–H groups in total. The maximum atomic E-state index is 14.1. The van der Waals surface area contributed by atoms with Crippen LogP contribution in [-0.2, 0) is 6.54 Å². The Morgan fingerprint density at radius 1 is 0.976 bits per heavy atom. The maximum absolute atomic E-state index is 14.1. The van der Waals surface area contributed by atoms with E-state index in [0.717, 1.165) is 66.0 Å². The van der Waals surface area contributed by atoms with Gasteiger partial charge in [-0.2, -0.15) is 4.98 Å². The van der Waals surface area contributed by atoms with Crippen molar-refractivity contribution in [3.05, 3.63) is 106 Å². The molecule has 5 aromatic rings. The molecule has 0 radical (unpaired) electrons. The SMILES string of the molecule is Cc1ccccc1-c1cc2cnc(Nc3ccc(OC4CCN(C)C4)cc3)nc2n(Cc2ncccc2C2CC2)c1=O. The van der Waals surface area contributed by atoms with Crippen molar-refractivity contribution in [2.45, 2.75) is 44.8 Å². The summed E-state index contributed by atoms with van der Waals surface area (Å²) in [4.78, 5) is 30.6. The van der Waals surface area contributed by atoms with E-state index >= 15 is 0 Å². The number of fused-ring (bicyclic) bond motifs is 1. The van der Waals surface area contributed by atoms with E-state index in [1.807, 2.05) is 67.6 Å². The first-order chi connectivity index (χ1) is 20.5. The summed E-state index contributed by atoms with van der Waals surface area (Å²) < 4.78 is 7.89. The third-order valence-corrected chi connectivity index (χ3v) is 8.27. The normalized spacial score (nSPS) is 17.0. The summed E-state index contributed by atoms with van der Waals surface area (Å²) in [5, 5.41) is 4.11. The summed E-state index contributed by atoms with van der Waals surface area (Å²) in [5.41, 5.74) is 6.06. The number of nitrogens with one attached hydrogen (secondary N) is 1. The van der Waals surface area contributed by atoms with Crippen molar-refractivity contribution in [2.75, 3.05) is 25.5 Å². The molecule has 7 rings (SSSR count). The largest absolute Gasteiger partial charge is 0.489 e. The summed E-state index contributed by atoms with van der Waals surface area (Å²) >= 11 is 0. The summed E-state index contributed by atoms with van der Waals surface area (Å²) in [7, 11) is 2.12. The second kappa shape index (κ2) is 11.0. The third kappa shape index (κ3) is 5.37. The molecule has 2 aromatic carbocycles. The van der Waals surface area contributed by atoms with E-state index in [1.54, 1.807) is 17.0 Å². The van der Waals surface area contributed by atoms with Gasteiger partial charge in [-0.05, 0) is 92.2 Å². The fourth-order valence-corrected chi connectivity index (χ4v) is 5.86. The number of likely N-dealkylation sites (N-methyl/N-ethyl adjacent to an activating group) is 1. The first kappa shape index (κ1) is 26.3. The second-order valence-corrected chi connectivity index (χ2v) is 11.5. The van der Waals surface area contributed by atoms with Crippen molar-refractivity contribution in [1.82, 2.24) is 24.4 Å². The molecule has 8 heteroatoms. The predicted octanol–water partition coefficient (Wildman–Crippen LogP) is 5.91. The monoisotopic (exact) mass is 558 g/mol. The molecule has 1 atom stereocenters. The number of likely N-dealkylation sites (tertiary alicyclic amines) is 1. The Hall–Kier alpha value is -4.56. The lowest BCUT2D eigenvalue weighted by Crippen LogP contribution is -2.25. The first-order valence-electron chi connectivity index (χ1n) is 14.6. The molecule has 0 spiro atoms. The number of benzene rings is 2. The van der Waals surface area contributed by atoms with E-state index in [0.29, 0.717) is 29.6 Å². The molecule has 1 saturated carbocycles. The Morgan fingerprint density at radius 2 is 1.81 bits per heavy atom. The smallest absolute Gasteiger partial charge is 0.260 e. The number of aryl methyl sites for hydroxylation is 1. The molecule has 1 aliphatic carbocycles. The summed E-state index contributed by atoms with van der Waals surface area (Å²) in [6.45, 7) is 4.38. The number of ether oxygens (including phenoxy) is 1. The van der Waals surface area contributed by atoms with Crippen LogP contribution in [0.1, 0.15) is 42.0 Å². The highest BCUT2D eigenvalue weighted by Crippen LogP contribution is 2.41. The highest BCUT2D eigenvalue weighted by Gasteiger charge is 2.27. The van der Waals surface area contributed by atoms with Gasteiger partial charge < -0.3 is 15.0 Å². The van der Waals surface area contributed by atoms with E-state index in [1.165, 1.54) is 5.56 Å². The van der Waals surface area contributed by atoms with Crippen molar-refractivity contribution in [3.63, 3.8) is 0 Å². The van der Waals surface area contributed by atoms with E-state index in [9.17, 15) is 4.79 Å². The van der Waals surface area contributed by atoms with Crippen molar-refractivity contribution < 1.29 is 4.74 Å². The van der Waals surface area contributed by atoms with E-state index in [4.69, 9.17) is 14.7 Å². The standard InChI is InChI=1S/C34H34N6O2/c1-22-6-3-4-7-28(22)30-18-24-19-36-34(37-25-11-13-26(14-12-25)42-27-15-17-39(2)20-27)38-32(24)40(33(30)41)21-31-29(23-9-10-23)8-5-16-35-31/h3-8,11-14,16,18-19,23,27H,9-10,15,17,20-21H2,1-2H3,(H,36,37,38). The van der Waals surface area contributed by atoms with Gasteiger partial charge in [-0.25, -0.2) is 4.98 Å². The van der Waals surface area contributed by atoms with Crippen LogP contribution < -0.4 is 15.6 Å². The van der Waals surface area contributed by atoms with E-state index < -0.39 is 0 Å². The Morgan fingerprint density at radius 3 is 2.57 bits per heavy atom. The highest BCUT2D eigenvalue weighted by atomic mass is 16.5. The van der Waals surface area contributed by atoms with E-state index in [-0.39, 0.29) is 11.7 Å². The van der Waals surface area contributed by atoms with Gasteiger partial charge in [-0.1, -0.05) is 30.3 Å². The summed E-state index contributed by atoms with van der Waals surface area (Å²) in [6.07, 6.45) is 7.18. The molecule has 2 fully saturated rings. The minimum atomic E-state index is -0.0899. The lowest BCUT2D eigenvalue weighted by Gasteiger charge is -2.16. The zero-order valence-corrected chi connectivity index (χ0v) is 24.0. The molecule has 1 saturated heterocycles. The maximum Gasteiger partial charge on any atom is 0.260 e. The molecule has 0 bridgehead atoms. The van der Waals surface area contributed by atoms with Gasteiger partial charge in [0.15, 0.2) is 0 Å². The first-order valence-corrected chi connectivity index (χ1v) is 14.6. The van der Waals surface area contributed by atoms with Crippen molar-refractivity contribution in [2.24, 2.45) is 0 Å². The van der Waals surface area contributed by atoms with Gasteiger partial charge in [0.25, 0.3) is 5.56 Å². The van der Waals surface area contributed by atoms with Crippen LogP contribution in [0, 0.1) is 6.92 Å². The van der Waals surface area contributed by atoms with Crippen molar-refractivity contribution >= 4 is 22.7 Å². The third-order valence-electron chi connectivity index (χ3n) is 8.27. The number of hydrogen-bond donors (Lipinski definition) is 1. The number of rotatable bonds is 8. The van der Waals surface area contributed by atoms with E-state index in [2.05, 4.69) is 28.3 Å². The molecule has 0 amide bonds. The Bertz CT molecular complexity index is 1810. The number of nitrogens with zero attached hydrogens (tertiary/aromatic N) is 5. The summed E-state index contributed by atoms with van der Waals surface area (Å²) in [6, 6.07) is 21.9. The van der Waals surface area contributed by atoms with Crippen LogP contribution in [0.2, 0.25) is 0 Å². The quantitative estimate of drug-likeness (QED) is 0.253. The molecule has 1 aliphatic heterocycles. The van der Waals surface area contributed by atoms with Crippen LogP contribution >= 0.6 is 0 Å². The van der Waals surface area contributed by atoms with Crippen LogP contribution in [0.3, 0.4) is 0 Å². The minimum Gasteiger partial charge on any atom is -0.489 e. The highest BCUT2D eigenvalue weighted by molar-refractivity contribution is 5.82. The molecule has 4 heterocycles. The average Bonchev–Trinajstić information content (AvgIpc) is 3.77. The number of aromatic nitrogens is 4. The van der Waals surface area contributed by atoms with Gasteiger partial charge in [-0.15, -0.1) is 0 Å². The molecular weight excluding hydrogens is 524 g/mol. The summed E-state index contributed by atoms with van der Waals surface area (Å²) in [5.74, 6) is 1.79. The molecule has 42 heavy (non-hydrogen) atoms. The zero-order valence-electron chi connectivity index (χ0n) is 24.0. The topological polar surface area (TPSA) is 85.2 Å². The van der Waals surface area contributed by atoms with Crippen molar-refractivity contribution in [3.8, 4) is 16.9 Å². The molecule has 8 nitrogen and oxygen atoms in total. The van der Waals surface area contributed by atoms with Gasteiger partial charge in [0.1, 0.15) is 17.5 Å². The average molecular weight is 559 g/mol. The Labute approximate surface area is 245 Å². The lowest BCUT2D eigenvalue weighted by molar-refractivity contribution is 0.208. The van der Waals surface area contributed by atoms with Crippen LogP contribution in [0.5, 0.6) is 5.75 Å². The lowest BCUT2D eigenvalue weighted by atomic mass is 10.0. The molecule has 3 aromatic heterocycles. The number of pyridine rings is 2. The van der Waals surface area contributed by atoms with Gasteiger partial charge in [0, 0.05) is 42.1 Å². The zero-order chi connectivity index (χ0) is 28.6.